The minimum Gasteiger partial charge on any atom is -0.386 e. The number of benzene rings is 1. The number of nitro groups is 1. The molecule has 6 heteroatoms. The Labute approximate surface area is 103 Å². The van der Waals surface area contributed by atoms with Crippen molar-refractivity contribution < 1.29 is 19.6 Å². The van der Waals surface area contributed by atoms with Gasteiger partial charge in [-0.05, 0) is 17.7 Å². The van der Waals surface area contributed by atoms with Gasteiger partial charge in [-0.25, -0.2) is 0 Å². The summed E-state index contributed by atoms with van der Waals surface area (Å²) < 4.78 is 5.34. The minimum atomic E-state index is -0.935. The Morgan fingerprint density at radius 2 is 2.06 bits per heavy atom. The van der Waals surface area contributed by atoms with E-state index in [9.17, 15) is 20.0 Å². The lowest BCUT2D eigenvalue weighted by Crippen LogP contribution is -2.31. The fourth-order valence-corrected chi connectivity index (χ4v) is 1.92. The van der Waals surface area contributed by atoms with Gasteiger partial charge in [0.1, 0.15) is 11.9 Å². The van der Waals surface area contributed by atoms with Gasteiger partial charge in [-0.15, -0.1) is 0 Å². The number of aliphatic hydroxyl groups excluding tert-OH is 1. The molecule has 1 aliphatic rings. The first-order valence-electron chi connectivity index (χ1n) is 5.63. The molecule has 2 rings (SSSR count). The van der Waals surface area contributed by atoms with Crippen LogP contribution in [0.4, 0.5) is 5.69 Å². The first kappa shape index (κ1) is 12.7. The molecule has 0 aliphatic carbocycles. The zero-order valence-corrected chi connectivity index (χ0v) is 9.61. The predicted molar refractivity (Wildman–Crippen MR) is 62.0 cm³/mol. The highest BCUT2D eigenvalue weighted by Gasteiger charge is 2.28. The number of nitrogens with zero attached hydrogens (tertiary/aromatic N) is 1. The summed E-state index contributed by atoms with van der Waals surface area (Å²) in [6.07, 6.45) is -0.940. The maximum absolute atomic E-state index is 11.3. The first-order valence-corrected chi connectivity index (χ1v) is 5.63. The topological polar surface area (TPSA) is 89.7 Å². The van der Waals surface area contributed by atoms with Crippen molar-refractivity contribution in [2.75, 3.05) is 6.61 Å². The van der Waals surface area contributed by atoms with E-state index in [4.69, 9.17) is 4.74 Å². The lowest BCUT2D eigenvalue weighted by molar-refractivity contribution is -0.384. The molecule has 0 spiro atoms. The van der Waals surface area contributed by atoms with Crippen LogP contribution in [0.3, 0.4) is 0 Å². The minimum absolute atomic E-state index is 0.0356. The van der Waals surface area contributed by atoms with Gasteiger partial charge >= 0.3 is 0 Å². The Morgan fingerprint density at radius 3 is 2.61 bits per heavy atom. The number of non-ortho nitro benzene ring substituents is 1. The second-order valence-electron chi connectivity index (χ2n) is 4.20. The van der Waals surface area contributed by atoms with Crippen molar-refractivity contribution in [2.45, 2.75) is 25.0 Å². The smallest absolute Gasteiger partial charge is 0.269 e. The molecule has 0 bridgehead atoms. The zero-order chi connectivity index (χ0) is 13.1. The fraction of sp³-hybridized carbons (Fsp3) is 0.417. The number of carbonyl (C=O) groups is 1. The van der Waals surface area contributed by atoms with Crippen molar-refractivity contribution in [3.8, 4) is 0 Å². The molecule has 1 aromatic carbocycles. The quantitative estimate of drug-likeness (QED) is 0.647. The number of ketones is 1. The van der Waals surface area contributed by atoms with Crippen molar-refractivity contribution in [1.82, 2.24) is 0 Å². The average molecular weight is 251 g/mol. The summed E-state index contributed by atoms with van der Waals surface area (Å²) in [5.41, 5.74) is 0.479. The third-order valence-electron chi connectivity index (χ3n) is 2.94. The molecular formula is C12H13NO5. The molecule has 1 aliphatic heterocycles. The number of ether oxygens (including phenoxy) is 1. The van der Waals surface area contributed by atoms with Crippen molar-refractivity contribution >= 4 is 11.5 Å². The maximum atomic E-state index is 11.3. The molecule has 0 unspecified atom stereocenters. The van der Waals surface area contributed by atoms with Gasteiger partial charge in [0.05, 0.1) is 17.6 Å². The summed E-state index contributed by atoms with van der Waals surface area (Å²) in [6, 6.07) is 5.60. The van der Waals surface area contributed by atoms with Crippen LogP contribution in [0.2, 0.25) is 0 Å². The number of rotatable bonds is 3. The van der Waals surface area contributed by atoms with Gasteiger partial charge in [-0.3, -0.25) is 14.9 Å². The van der Waals surface area contributed by atoms with Gasteiger partial charge in [0, 0.05) is 25.0 Å². The molecule has 1 N–H and O–H groups in total. The SMILES string of the molecule is O=C1CCO[C@H]([C@H](O)c2ccc([N+](=O)[O-])cc2)C1. The van der Waals surface area contributed by atoms with E-state index in [2.05, 4.69) is 0 Å². The maximum Gasteiger partial charge on any atom is 0.269 e. The third-order valence-corrected chi connectivity index (χ3v) is 2.94. The molecule has 0 saturated carbocycles. The van der Waals surface area contributed by atoms with Crippen LogP contribution in [0.5, 0.6) is 0 Å². The normalized spacial score (nSPS) is 21.6. The highest BCUT2D eigenvalue weighted by atomic mass is 16.6. The van der Waals surface area contributed by atoms with Crippen LogP contribution < -0.4 is 0 Å². The Hall–Kier alpha value is -1.79. The molecule has 2 atom stereocenters. The van der Waals surface area contributed by atoms with Gasteiger partial charge in [0.25, 0.3) is 5.69 Å². The van der Waals surface area contributed by atoms with E-state index in [1.807, 2.05) is 0 Å². The molecule has 0 amide bonds. The van der Waals surface area contributed by atoms with Gasteiger partial charge < -0.3 is 9.84 Å². The van der Waals surface area contributed by atoms with Gasteiger partial charge in [-0.2, -0.15) is 0 Å². The van der Waals surface area contributed by atoms with Gasteiger partial charge in [0.15, 0.2) is 0 Å². The zero-order valence-electron chi connectivity index (χ0n) is 9.61. The number of nitro benzene ring substituents is 1. The van der Waals surface area contributed by atoms with E-state index in [0.29, 0.717) is 18.6 Å². The Kier molecular flexibility index (Phi) is 3.69. The second kappa shape index (κ2) is 5.24. The molecule has 96 valence electrons. The number of carbonyl (C=O) groups excluding carboxylic acids is 1. The van der Waals surface area contributed by atoms with Gasteiger partial charge in [-0.1, -0.05) is 0 Å². The Balaban J connectivity index is 2.10. The van der Waals surface area contributed by atoms with E-state index in [0.717, 1.165) is 0 Å². The molecule has 1 saturated heterocycles. The molecule has 0 radical (unpaired) electrons. The second-order valence-corrected chi connectivity index (χ2v) is 4.20. The van der Waals surface area contributed by atoms with Crippen molar-refractivity contribution in [3.63, 3.8) is 0 Å². The van der Waals surface area contributed by atoms with E-state index in [1.54, 1.807) is 0 Å². The molecular weight excluding hydrogens is 238 g/mol. The van der Waals surface area contributed by atoms with Crippen LogP contribution in [0.15, 0.2) is 24.3 Å². The summed E-state index contributed by atoms with van der Waals surface area (Å²) in [5.74, 6) is 0.0622. The van der Waals surface area contributed by atoms with Crippen LogP contribution in [-0.4, -0.2) is 28.5 Å². The average Bonchev–Trinajstić information content (AvgIpc) is 2.38. The molecule has 18 heavy (non-hydrogen) atoms. The molecule has 1 fully saturated rings. The highest BCUT2D eigenvalue weighted by Crippen LogP contribution is 2.26. The third kappa shape index (κ3) is 2.72. The summed E-state index contributed by atoms with van der Waals surface area (Å²) in [4.78, 5) is 21.3. The summed E-state index contributed by atoms with van der Waals surface area (Å²) in [7, 11) is 0. The van der Waals surface area contributed by atoms with Crippen molar-refractivity contribution in [1.29, 1.82) is 0 Å². The fourth-order valence-electron chi connectivity index (χ4n) is 1.92. The molecule has 6 nitrogen and oxygen atoms in total. The highest BCUT2D eigenvalue weighted by molar-refractivity contribution is 5.79. The van der Waals surface area contributed by atoms with Crippen LogP contribution in [0, 0.1) is 10.1 Å². The van der Waals surface area contributed by atoms with E-state index in [-0.39, 0.29) is 17.9 Å². The van der Waals surface area contributed by atoms with E-state index < -0.39 is 17.1 Å². The largest absolute Gasteiger partial charge is 0.386 e. The summed E-state index contributed by atoms with van der Waals surface area (Å²) in [5, 5.41) is 20.5. The Bertz CT molecular complexity index is 456. The van der Waals surface area contributed by atoms with Crippen LogP contribution in [-0.2, 0) is 9.53 Å². The summed E-state index contributed by atoms with van der Waals surface area (Å²) in [6.45, 7) is 0.313. The van der Waals surface area contributed by atoms with Crippen LogP contribution >= 0.6 is 0 Å². The lowest BCUT2D eigenvalue weighted by Gasteiger charge is -2.26. The molecule has 0 aromatic heterocycles. The number of hydrogen-bond acceptors (Lipinski definition) is 5. The number of aliphatic hydroxyl groups is 1. The Morgan fingerprint density at radius 1 is 1.39 bits per heavy atom. The molecule has 1 aromatic rings. The van der Waals surface area contributed by atoms with Crippen LogP contribution in [0.1, 0.15) is 24.5 Å². The first-order chi connectivity index (χ1) is 8.58. The lowest BCUT2D eigenvalue weighted by atomic mass is 9.97. The monoisotopic (exact) mass is 251 g/mol. The van der Waals surface area contributed by atoms with Crippen molar-refractivity contribution in [2.24, 2.45) is 0 Å². The predicted octanol–water partition coefficient (Wildman–Crippen LogP) is 1.38. The summed E-state index contributed by atoms with van der Waals surface area (Å²) >= 11 is 0. The van der Waals surface area contributed by atoms with E-state index in [1.165, 1.54) is 24.3 Å². The van der Waals surface area contributed by atoms with Gasteiger partial charge in [0.2, 0.25) is 0 Å². The number of Topliss-reactive ketones (excluding diaryl/α,β-unsaturated/α-hetero) is 1. The van der Waals surface area contributed by atoms with Crippen molar-refractivity contribution in [3.05, 3.63) is 39.9 Å². The standard InChI is InChI=1S/C12H13NO5/c14-10-5-6-18-11(7-10)12(15)8-1-3-9(4-2-8)13(16)17/h1-4,11-12,15H,5-7H2/t11-,12+/m0/s1. The van der Waals surface area contributed by atoms with Crippen LogP contribution in [0.25, 0.3) is 0 Å². The van der Waals surface area contributed by atoms with E-state index >= 15 is 0 Å². The molecule has 1 heterocycles. The number of hydrogen-bond donors (Lipinski definition) is 1.